The SMILES string of the molecule is COc1cc(NC(C)CCc2ccco2)nn1C. The summed E-state index contributed by atoms with van der Waals surface area (Å²) in [6.07, 6.45) is 3.62. The van der Waals surface area contributed by atoms with Crippen LogP contribution in [0, 0.1) is 0 Å². The van der Waals surface area contributed by atoms with Crippen molar-refractivity contribution in [2.75, 3.05) is 12.4 Å². The topological polar surface area (TPSA) is 52.2 Å². The van der Waals surface area contributed by atoms with Crippen molar-refractivity contribution >= 4 is 5.82 Å². The second-order valence-electron chi connectivity index (χ2n) is 4.36. The van der Waals surface area contributed by atoms with Crippen molar-refractivity contribution in [1.82, 2.24) is 9.78 Å². The van der Waals surface area contributed by atoms with Gasteiger partial charge in [0.1, 0.15) is 5.76 Å². The van der Waals surface area contributed by atoms with Gasteiger partial charge >= 0.3 is 0 Å². The molecule has 2 aromatic heterocycles. The number of nitrogens with one attached hydrogen (secondary N) is 1. The van der Waals surface area contributed by atoms with Gasteiger partial charge in [0.05, 0.1) is 13.4 Å². The summed E-state index contributed by atoms with van der Waals surface area (Å²) in [5.41, 5.74) is 0. The van der Waals surface area contributed by atoms with Crippen LogP contribution in [0.25, 0.3) is 0 Å². The zero-order valence-corrected chi connectivity index (χ0v) is 11.0. The molecule has 0 spiro atoms. The molecule has 1 unspecified atom stereocenters. The number of hydrogen-bond acceptors (Lipinski definition) is 4. The lowest BCUT2D eigenvalue weighted by Crippen LogP contribution is -2.16. The quantitative estimate of drug-likeness (QED) is 0.854. The molecule has 0 aliphatic heterocycles. The van der Waals surface area contributed by atoms with E-state index >= 15 is 0 Å². The minimum Gasteiger partial charge on any atom is -0.481 e. The number of aromatic nitrogens is 2. The molecule has 5 nitrogen and oxygen atoms in total. The van der Waals surface area contributed by atoms with Crippen molar-refractivity contribution in [3.63, 3.8) is 0 Å². The highest BCUT2D eigenvalue weighted by atomic mass is 16.5. The van der Waals surface area contributed by atoms with Gasteiger partial charge in [0.2, 0.25) is 5.88 Å². The lowest BCUT2D eigenvalue weighted by atomic mass is 10.1. The number of rotatable bonds is 6. The maximum Gasteiger partial charge on any atom is 0.213 e. The van der Waals surface area contributed by atoms with Gasteiger partial charge in [-0.3, -0.25) is 0 Å². The lowest BCUT2D eigenvalue weighted by molar-refractivity contribution is 0.373. The van der Waals surface area contributed by atoms with Crippen LogP contribution in [0.15, 0.2) is 28.9 Å². The first kappa shape index (κ1) is 12.5. The molecule has 0 bridgehead atoms. The Kier molecular flexibility index (Phi) is 3.92. The number of aryl methyl sites for hydroxylation is 2. The summed E-state index contributed by atoms with van der Waals surface area (Å²) in [6, 6.07) is 6.13. The number of ether oxygens (including phenoxy) is 1. The van der Waals surface area contributed by atoms with Crippen LogP contribution in [0.1, 0.15) is 19.1 Å². The molecule has 2 rings (SSSR count). The maximum absolute atomic E-state index is 5.31. The summed E-state index contributed by atoms with van der Waals surface area (Å²) >= 11 is 0. The highest BCUT2D eigenvalue weighted by molar-refractivity contribution is 5.39. The standard InChI is InChI=1S/C13H19N3O2/c1-10(6-7-11-5-4-8-18-11)14-12-9-13(17-3)16(2)15-12/h4-5,8-10H,6-7H2,1-3H3,(H,14,15). The molecule has 98 valence electrons. The summed E-state index contributed by atoms with van der Waals surface area (Å²) in [5.74, 6) is 2.60. The molecule has 0 saturated carbocycles. The summed E-state index contributed by atoms with van der Waals surface area (Å²) in [5, 5.41) is 7.67. The summed E-state index contributed by atoms with van der Waals surface area (Å²) in [7, 11) is 3.50. The van der Waals surface area contributed by atoms with Crippen LogP contribution < -0.4 is 10.1 Å². The lowest BCUT2D eigenvalue weighted by Gasteiger charge is -2.11. The fraction of sp³-hybridized carbons (Fsp3) is 0.462. The smallest absolute Gasteiger partial charge is 0.213 e. The second-order valence-corrected chi connectivity index (χ2v) is 4.36. The van der Waals surface area contributed by atoms with Crippen molar-refractivity contribution in [2.24, 2.45) is 7.05 Å². The molecule has 0 amide bonds. The second kappa shape index (κ2) is 5.62. The van der Waals surface area contributed by atoms with E-state index in [9.17, 15) is 0 Å². The zero-order chi connectivity index (χ0) is 13.0. The van der Waals surface area contributed by atoms with E-state index in [1.54, 1.807) is 18.1 Å². The summed E-state index contributed by atoms with van der Waals surface area (Å²) in [4.78, 5) is 0. The van der Waals surface area contributed by atoms with Gasteiger partial charge < -0.3 is 14.5 Å². The van der Waals surface area contributed by atoms with Gasteiger partial charge in [-0.2, -0.15) is 5.10 Å². The van der Waals surface area contributed by atoms with E-state index in [4.69, 9.17) is 9.15 Å². The fourth-order valence-electron chi connectivity index (χ4n) is 1.85. The van der Waals surface area contributed by atoms with E-state index in [1.165, 1.54) is 0 Å². The minimum atomic E-state index is 0.328. The Labute approximate surface area is 107 Å². The Balaban J connectivity index is 1.84. The number of nitrogens with zero attached hydrogens (tertiary/aromatic N) is 2. The van der Waals surface area contributed by atoms with Crippen molar-refractivity contribution < 1.29 is 9.15 Å². The average Bonchev–Trinajstić information content (AvgIpc) is 2.96. The monoisotopic (exact) mass is 249 g/mol. The molecule has 18 heavy (non-hydrogen) atoms. The van der Waals surface area contributed by atoms with Crippen LogP contribution in [0.4, 0.5) is 5.82 Å². The van der Waals surface area contributed by atoms with Crippen LogP contribution in [0.5, 0.6) is 5.88 Å². The maximum atomic E-state index is 5.31. The third kappa shape index (κ3) is 3.06. The Hall–Kier alpha value is -1.91. The van der Waals surface area contributed by atoms with Crippen LogP contribution in [-0.4, -0.2) is 22.9 Å². The predicted octanol–water partition coefficient (Wildman–Crippen LogP) is 2.45. The molecule has 1 atom stereocenters. The van der Waals surface area contributed by atoms with Crippen LogP contribution in [-0.2, 0) is 13.5 Å². The van der Waals surface area contributed by atoms with Crippen LogP contribution in [0.2, 0.25) is 0 Å². The molecule has 2 aromatic rings. The van der Waals surface area contributed by atoms with Gasteiger partial charge in [0.25, 0.3) is 0 Å². The highest BCUT2D eigenvalue weighted by Gasteiger charge is 2.08. The van der Waals surface area contributed by atoms with Gasteiger partial charge in [0.15, 0.2) is 5.82 Å². The fourth-order valence-corrected chi connectivity index (χ4v) is 1.85. The predicted molar refractivity (Wildman–Crippen MR) is 69.9 cm³/mol. The number of hydrogen-bond donors (Lipinski definition) is 1. The van der Waals surface area contributed by atoms with E-state index in [2.05, 4.69) is 17.3 Å². The number of anilines is 1. The Morgan fingerprint density at radius 3 is 3.00 bits per heavy atom. The van der Waals surface area contributed by atoms with Gasteiger partial charge in [-0.1, -0.05) is 0 Å². The molecule has 2 heterocycles. The van der Waals surface area contributed by atoms with E-state index in [0.717, 1.165) is 30.3 Å². The molecule has 0 aromatic carbocycles. The third-order valence-corrected chi connectivity index (χ3v) is 2.84. The van der Waals surface area contributed by atoms with E-state index in [-0.39, 0.29) is 0 Å². The first-order valence-electron chi connectivity index (χ1n) is 6.06. The molecule has 0 fully saturated rings. The molecule has 0 saturated heterocycles. The molecule has 0 radical (unpaired) electrons. The zero-order valence-electron chi connectivity index (χ0n) is 11.0. The summed E-state index contributed by atoms with van der Waals surface area (Å²) < 4.78 is 12.2. The average molecular weight is 249 g/mol. The molecular weight excluding hydrogens is 230 g/mol. The largest absolute Gasteiger partial charge is 0.481 e. The minimum absolute atomic E-state index is 0.328. The number of furan rings is 1. The summed E-state index contributed by atoms with van der Waals surface area (Å²) in [6.45, 7) is 2.13. The first-order valence-corrected chi connectivity index (χ1v) is 6.06. The number of methoxy groups -OCH3 is 1. The Bertz CT molecular complexity index is 476. The molecule has 1 N–H and O–H groups in total. The van der Waals surface area contributed by atoms with Gasteiger partial charge in [-0.15, -0.1) is 0 Å². The highest BCUT2D eigenvalue weighted by Crippen LogP contribution is 2.17. The molecular formula is C13H19N3O2. The van der Waals surface area contributed by atoms with E-state index < -0.39 is 0 Å². The van der Waals surface area contributed by atoms with Crippen LogP contribution >= 0.6 is 0 Å². The first-order chi connectivity index (χ1) is 8.69. The Morgan fingerprint density at radius 2 is 2.39 bits per heavy atom. The van der Waals surface area contributed by atoms with Gasteiger partial charge in [0, 0.05) is 25.6 Å². The van der Waals surface area contributed by atoms with E-state index in [0.29, 0.717) is 6.04 Å². The van der Waals surface area contributed by atoms with Crippen molar-refractivity contribution in [3.05, 3.63) is 30.2 Å². The molecule has 5 heteroatoms. The van der Waals surface area contributed by atoms with Crippen LogP contribution in [0.3, 0.4) is 0 Å². The van der Waals surface area contributed by atoms with Gasteiger partial charge in [-0.05, 0) is 25.5 Å². The molecule has 0 aliphatic carbocycles. The van der Waals surface area contributed by atoms with E-state index in [1.807, 2.05) is 25.2 Å². The molecule has 0 aliphatic rings. The van der Waals surface area contributed by atoms with Crippen molar-refractivity contribution in [1.29, 1.82) is 0 Å². The normalized spacial score (nSPS) is 12.4. The van der Waals surface area contributed by atoms with Crippen molar-refractivity contribution in [3.8, 4) is 5.88 Å². The van der Waals surface area contributed by atoms with Crippen molar-refractivity contribution in [2.45, 2.75) is 25.8 Å². The third-order valence-electron chi connectivity index (χ3n) is 2.84. The van der Waals surface area contributed by atoms with Gasteiger partial charge in [-0.25, -0.2) is 4.68 Å². The Morgan fingerprint density at radius 1 is 1.56 bits per heavy atom.